The van der Waals surface area contributed by atoms with Crippen LogP contribution in [0.15, 0.2) is 17.0 Å². The highest BCUT2D eigenvalue weighted by Crippen LogP contribution is 2.32. The summed E-state index contributed by atoms with van der Waals surface area (Å²) in [7, 11) is -3.90. The van der Waals surface area contributed by atoms with E-state index in [1.165, 1.54) is 12.1 Å². The van der Waals surface area contributed by atoms with Crippen molar-refractivity contribution in [2.24, 2.45) is 0 Å². The van der Waals surface area contributed by atoms with Gasteiger partial charge in [0.25, 0.3) is 10.0 Å². The molecule has 0 atom stereocenters. The monoisotopic (exact) mass is 303 g/mol. The van der Waals surface area contributed by atoms with E-state index < -0.39 is 10.0 Å². The van der Waals surface area contributed by atoms with E-state index in [4.69, 9.17) is 34.8 Å². The van der Waals surface area contributed by atoms with E-state index in [1.54, 1.807) is 6.92 Å². The van der Waals surface area contributed by atoms with Crippen molar-refractivity contribution in [1.82, 2.24) is 4.89 Å². The molecule has 0 amide bonds. The highest BCUT2D eigenvalue weighted by atomic mass is 35.5. The van der Waals surface area contributed by atoms with Crippen LogP contribution in [0.3, 0.4) is 0 Å². The van der Waals surface area contributed by atoms with Gasteiger partial charge in [-0.15, -0.1) is 0 Å². The van der Waals surface area contributed by atoms with Crippen molar-refractivity contribution >= 4 is 44.8 Å². The lowest BCUT2D eigenvalue weighted by molar-refractivity contribution is 0.105. The van der Waals surface area contributed by atoms with Gasteiger partial charge < -0.3 is 0 Å². The Morgan fingerprint density at radius 2 is 1.75 bits per heavy atom. The van der Waals surface area contributed by atoms with E-state index in [-0.39, 0.29) is 26.6 Å². The zero-order chi connectivity index (χ0) is 12.3. The zero-order valence-electron chi connectivity index (χ0n) is 8.13. The van der Waals surface area contributed by atoms with Crippen LogP contribution in [0.1, 0.15) is 6.92 Å². The Labute approximate surface area is 108 Å². The minimum atomic E-state index is -3.90. The number of nitrogens with one attached hydrogen (secondary N) is 1. The van der Waals surface area contributed by atoms with Crippen molar-refractivity contribution in [2.75, 3.05) is 6.61 Å². The maximum absolute atomic E-state index is 11.7. The summed E-state index contributed by atoms with van der Waals surface area (Å²) in [5, 5.41) is 0.125. The van der Waals surface area contributed by atoms with Gasteiger partial charge in [-0.25, -0.2) is 8.42 Å². The smallest absolute Gasteiger partial charge is 0.265 e. The van der Waals surface area contributed by atoms with Crippen molar-refractivity contribution < 1.29 is 13.3 Å². The molecule has 0 bridgehead atoms. The molecular formula is C8H8Cl3NO3S. The van der Waals surface area contributed by atoms with Gasteiger partial charge in [-0.2, -0.15) is 0 Å². The number of halogens is 3. The van der Waals surface area contributed by atoms with E-state index in [2.05, 4.69) is 4.84 Å². The topological polar surface area (TPSA) is 55.4 Å². The standard InChI is InChI=1S/C8H8Cl3NO3S/c1-2-15-12-16(13,14)8-6(10)3-5(9)4-7(8)11/h3-4,12H,2H2,1H3. The second-order valence-corrected chi connectivity index (χ2v) is 5.55. The molecule has 0 radical (unpaired) electrons. The quantitative estimate of drug-likeness (QED) is 0.870. The summed E-state index contributed by atoms with van der Waals surface area (Å²) in [5.41, 5.74) is 0. The summed E-state index contributed by atoms with van der Waals surface area (Å²) in [6.07, 6.45) is 0. The summed E-state index contributed by atoms with van der Waals surface area (Å²) in [6.45, 7) is 1.82. The summed E-state index contributed by atoms with van der Waals surface area (Å²) in [6, 6.07) is 2.57. The van der Waals surface area contributed by atoms with Crippen molar-refractivity contribution in [3.05, 3.63) is 27.2 Å². The minimum Gasteiger partial charge on any atom is -0.287 e. The molecule has 1 N–H and O–H groups in total. The Morgan fingerprint density at radius 3 is 2.19 bits per heavy atom. The SMILES string of the molecule is CCONS(=O)(=O)c1c(Cl)cc(Cl)cc1Cl. The fourth-order valence-electron chi connectivity index (χ4n) is 0.964. The van der Waals surface area contributed by atoms with Crippen LogP contribution in [0.25, 0.3) is 0 Å². The van der Waals surface area contributed by atoms with Crippen molar-refractivity contribution in [2.45, 2.75) is 11.8 Å². The first-order valence-corrected chi connectivity index (χ1v) is 6.78. The average molecular weight is 305 g/mol. The Hall–Kier alpha value is -0.0400. The lowest BCUT2D eigenvalue weighted by Crippen LogP contribution is -2.24. The molecule has 1 rings (SSSR count). The first kappa shape index (κ1) is 14.0. The third-order valence-electron chi connectivity index (χ3n) is 1.54. The number of hydrogen-bond acceptors (Lipinski definition) is 3. The molecule has 0 heterocycles. The fraction of sp³-hybridized carbons (Fsp3) is 0.250. The van der Waals surface area contributed by atoms with Gasteiger partial charge in [-0.1, -0.05) is 39.7 Å². The molecule has 0 saturated carbocycles. The summed E-state index contributed by atoms with van der Waals surface area (Å²) < 4.78 is 23.4. The molecule has 0 aliphatic rings. The molecule has 0 aromatic heterocycles. The van der Waals surface area contributed by atoms with Gasteiger partial charge in [-0.3, -0.25) is 4.84 Å². The first-order chi connectivity index (χ1) is 7.38. The van der Waals surface area contributed by atoms with Crippen LogP contribution in [-0.4, -0.2) is 15.0 Å². The molecule has 0 aliphatic carbocycles. The second-order valence-electron chi connectivity index (χ2n) is 2.72. The van der Waals surface area contributed by atoms with Gasteiger partial charge in [0, 0.05) is 5.02 Å². The summed E-state index contributed by atoms with van der Waals surface area (Å²) in [5.74, 6) is 0. The predicted molar refractivity (Wildman–Crippen MR) is 63.4 cm³/mol. The molecule has 0 unspecified atom stereocenters. The number of hydrogen-bond donors (Lipinski definition) is 1. The second kappa shape index (κ2) is 5.53. The Balaban J connectivity index is 3.23. The van der Waals surface area contributed by atoms with Crippen LogP contribution in [0, 0.1) is 0 Å². The van der Waals surface area contributed by atoms with E-state index in [0.29, 0.717) is 0 Å². The molecule has 0 fully saturated rings. The number of sulfonamides is 1. The van der Waals surface area contributed by atoms with Crippen LogP contribution in [-0.2, 0) is 14.9 Å². The van der Waals surface area contributed by atoms with Crippen LogP contribution in [0.5, 0.6) is 0 Å². The van der Waals surface area contributed by atoms with E-state index in [0.717, 1.165) is 0 Å². The zero-order valence-corrected chi connectivity index (χ0v) is 11.2. The molecule has 4 nitrogen and oxygen atoms in total. The molecule has 0 aliphatic heterocycles. The molecule has 8 heteroatoms. The molecule has 0 saturated heterocycles. The minimum absolute atomic E-state index is 0.0651. The van der Waals surface area contributed by atoms with Crippen LogP contribution >= 0.6 is 34.8 Å². The van der Waals surface area contributed by atoms with E-state index in [9.17, 15) is 8.42 Å². The van der Waals surface area contributed by atoms with Crippen molar-refractivity contribution in [1.29, 1.82) is 0 Å². The predicted octanol–water partition coefficient (Wildman–Crippen LogP) is 2.88. The fourth-order valence-corrected chi connectivity index (χ4v) is 3.38. The van der Waals surface area contributed by atoms with Gasteiger partial charge in [0.15, 0.2) is 0 Å². The number of rotatable bonds is 4. The third kappa shape index (κ3) is 3.23. The van der Waals surface area contributed by atoms with Crippen molar-refractivity contribution in [3.8, 4) is 0 Å². The van der Waals surface area contributed by atoms with Crippen LogP contribution < -0.4 is 4.89 Å². The Bertz CT molecular complexity index is 466. The summed E-state index contributed by atoms with van der Waals surface area (Å²) in [4.78, 5) is 6.24. The lowest BCUT2D eigenvalue weighted by atomic mass is 10.4. The highest BCUT2D eigenvalue weighted by Gasteiger charge is 2.22. The highest BCUT2D eigenvalue weighted by molar-refractivity contribution is 7.89. The Morgan fingerprint density at radius 1 is 1.25 bits per heavy atom. The number of benzene rings is 1. The molecule has 16 heavy (non-hydrogen) atoms. The van der Waals surface area contributed by atoms with Gasteiger partial charge in [0.1, 0.15) is 4.90 Å². The molecule has 0 spiro atoms. The van der Waals surface area contributed by atoms with Gasteiger partial charge in [0.05, 0.1) is 16.7 Å². The molecule has 90 valence electrons. The van der Waals surface area contributed by atoms with Crippen molar-refractivity contribution in [3.63, 3.8) is 0 Å². The van der Waals surface area contributed by atoms with Gasteiger partial charge >= 0.3 is 0 Å². The summed E-state index contributed by atoms with van der Waals surface area (Å²) >= 11 is 17.2. The molecular weight excluding hydrogens is 297 g/mol. The third-order valence-corrected chi connectivity index (χ3v) is 3.90. The largest absolute Gasteiger partial charge is 0.287 e. The maximum Gasteiger partial charge on any atom is 0.265 e. The lowest BCUT2D eigenvalue weighted by Gasteiger charge is -2.09. The van der Waals surface area contributed by atoms with Crippen LogP contribution in [0.4, 0.5) is 0 Å². The molecule has 1 aromatic carbocycles. The first-order valence-electron chi connectivity index (χ1n) is 4.16. The maximum atomic E-state index is 11.7. The van der Waals surface area contributed by atoms with Gasteiger partial charge in [0.2, 0.25) is 0 Å². The average Bonchev–Trinajstić information content (AvgIpc) is 2.12. The van der Waals surface area contributed by atoms with Crippen LogP contribution in [0.2, 0.25) is 15.1 Å². The molecule has 1 aromatic rings. The van der Waals surface area contributed by atoms with E-state index in [1.807, 2.05) is 4.89 Å². The van der Waals surface area contributed by atoms with E-state index >= 15 is 0 Å². The van der Waals surface area contributed by atoms with Gasteiger partial charge in [-0.05, 0) is 19.1 Å². The normalized spacial score (nSPS) is 11.8. The Kier molecular flexibility index (Phi) is 4.85.